The van der Waals surface area contributed by atoms with Gasteiger partial charge in [0.25, 0.3) is 0 Å². The molecule has 160 valence electrons. The molecule has 2 aromatic rings. The number of hydrogen-bond acceptors (Lipinski definition) is 3. The van der Waals surface area contributed by atoms with Gasteiger partial charge >= 0.3 is 0 Å². The first-order chi connectivity index (χ1) is 14.5. The molecule has 1 aliphatic rings. The Balaban J connectivity index is 2.01. The largest absolute Gasteiger partial charge is 0.497 e. The molecule has 0 spiro atoms. The summed E-state index contributed by atoms with van der Waals surface area (Å²) in [5, 5.41) is 3.62. The van der Waals surface area contributed by atoms with Gasteiger partial charge in [-0.3, -0.25) is 14.5 Å². The summed E-state index contributed by atoms with van der Waals surface area (Å²) in [5.41, 5.74) is 1.19. The van der Waals surface area contributed by atoms with Crippen molar-refractivity contribution < 1.29 is 14.3 Å². The number of hydrogen-bond donors (Lipinski definition) is 1. The summed E-state index contributed by atoms with van der Waals surface area (Å²) >= 11 is 12.1. The predicted molar refractivity (Wildman–Crippen MR) is 120 cm³/mol. The maximum Gasteiger partial charge on any atom is 0.248 e. The Morgan fingerprint density at radius 3 is 2.43 bits per heavy atom. The maximum atomic E-state index is 13.5. The number of nitrogens with one attached hydrogen (secondary N) is 1. The Kier molecular flexibility index (Phi) is 8.00. The van der Waals surface area contributed by atoms with Crippen LogP contribution >= 0.6 is 23.2 Å². The summed E-state index contributed by atoms with van der Waals surface area (Å²) in [6, 6.07) is 13.3. The highest BCUT2D eigenvalue weighted by atomic mass is 35.5. The van der Waals surface area contributed by atoms with Crippen LogP contribution in [0.2, 0.25) is 5.02 Å². The second-order valence-corrected chi connectivity index (χ2v) is 8.10. The first kappa shape index (κ1) is 22.4. The summed E-state index contributed by atoms with van der Waals surface area (Å²) in [6.07, 6.45) is 5.27. The molecule has 1 saturated carbocycles. The van der Waals surface area contributed by atoms with E-state index in [4.69, 9.17) is 27.9 Å². The van der Waals surface area contributed by atoms with E-state index in [2.05, 4.69) is 5.32 Å². The average molecular weight is 449 g/mol. The highest BCUT2D eigenvalue weighted by Gasteiger charge is 2.33. The number of alkyl halides is 1. The minimum atomic E-state index is -0.873. The van der Waals surface area contributed by atoms with Crippen LogP contribution in [0.25, 0.3) is 0 Å². The fraction of sp³-hybridized carbons (Fsp3) is 0.391. The molecule has 1 atom stereocenters. The molecular weight excluding hydrogens is 423 g/mol. The van der Waals surface area contributed by atoms with E-state index in [1.165, 1.54) is 11.3 Å². The van der Waals surface area contributed by atoms with E-state index in [1.807, 2.05) is 0 Å². The van der Waals surface area contributed by atoms with E-state index >= 15 is 0 Å². The fourth-order valence-corrected chi connectivity index (χ4v) is 4.17. The number of anilines is 1. The van der Waals surface area contributed by atoms with Crippen molar-refractivity contribution in [1.82, 2.24) is 5.32 Å². The van der Waals surface area contributed by atoms with Crippen LogP contribution in [0.4, 0.5) is 5.69 Å². The van der Waals surface area contributed by atoms with Gasteiger partial charge in [-0.15, -0.1) is 11.6 Å². The molecule has 2 aromatic carbocycles. The molecule has 30 heavy (non-hydrogen) atoms. The maximum absolute atomic E-state index is 13.5. The van der Waals surface area contributed by atoms with Gasteiger partial charge in [-0.2, -0.15) is 0 Å². The molecule has 1 fully saturated rings. The molecule has 0 heterocycles. The zero-order valence-corrected chi connectivity index (χ0v) is 18.5. The summed E-state index contributed by atoms with van der Waals surface area (Å²) in [6.45, 7) is 0. The second-order valence-electron chi connectivity index (χ2n) is 7.40. The van der Waals surface area contributed by atoms with Gasteiger partial charge in [-0.25, -0.2) is 0 Å². The minimum absolute atomic E-state index is 0.110. The smallest absolute Gasteiger partial charge is 0.248 e. The Morgan fingerprint density at radius 2 is 1.83 bits per heavy atom. The first-order valence-corrected chi connectivity index (χ1v) is 11.0. The molecule has 0 aromatic heterocycles. The van der Waals surface area contributed by atoms with Crippen molar-refractivity contribution in [2.24, 2.45) is 0 Å². The highest BCUT2D eigenvalue weighted by molar-refractivity contribution is 6.31. The van der Waals surface area contributed by atoms with E-state index in [9.17, 15) is 9.59 Å². The van der Waals surface area contributed by atoms with E-state index < -0.39 is 6.04 Å². The van der Waals surface area contributed by atoms with Crippen LogP contribution in [-0.4, -0.2) is 30.8 Å². The third kappa shape index (κ3) is 5.46. The molecule has 5 nitrogen and oxygen atoms in total. The topological polar surface area (TPSA) is 58.6 Å². The first-order valence-electron chi connectivity index (χ1n) is 10.1. The molecule has 1 N–H and O–H groups in total. The fourth-order valence-electron chi connectivity index (χ4n) is 3.86. The Hall–Kier alpha value is -2.24. The third-order valence-electron chi connectivity index (χ3n) is 5.36. The van der Waals surface area contributed by atoms with Gasteiger partial charge in [0.15, 0.2) is 0 Å². The average Bonchev–Trinajstić information content (AvgIpc) is 2.77. The lowest BCUT2D eigenvalue weighted by atomic mass is 9.94. The van der Waals surface area contributed by atoms with E-state index in [0.717, 1.165) is 25.7 Å². The van der Waals surface area contributed by atoms with Crippen LogP contribution in [0.5, 0.6) is 5.75 Å². The second kappa shape index (κ2) is 10.7. The van der Waals surface area contributed by atoms with Gasteiger partial charge in [0, 0.05) is 16.8 Å². The third-order valence-corrected chi connectivity index (χ3v) is 5.82. The number of carbonyl (C=O) groups excluding carboxylic acids is 2. The molecule has 2 amide bonds. The summed E-state index contributed by atoms with van der Waals surface area (Å²) in [4.78, 5) is 27.8. The van der Waals surface area contributed by atoms with Crippen molar-refractivity contribution in [3.05, 3.63) is 59.1 Å². The van der Waals surface area contributed by atoms with Gasteiger partial charge in [-0.1, -0.05) is 49.1 Å². The van der Waals surface area contributed by atoms with Crippen LogP contribution in [0.1, 0.15) is 43.7 Å². The molecule has 0 unspecified atom stereocenters. The molecular formula is C23H26Cl2N2O3. The van der Waals surface area contributed by atoms with Crippen LogP contribution in [-0.2, 0) is 9.59 Å². The lowest BCUT2D eigenvalue weighted by molar-refractivity contribution is -0.126. The van der Waals surface area contributed by atoms with Crippen molar-refractivity contribution in [3.8, 4) is 5.75 Å². The van der Waals surface area contributed by atoms with E-state index in [-0.39, 0.29) is 23.7 Å². The predicted octanol–water partition coefficient (Wildman–Crippen LogP) is 5.11. The van der Waals surface area contributed by atoms with Gasteiger partial charge < -0.3 is 10.1 Å². The monoisotopic (exact) mass is 448 g/mol. The number of amides is 2. The molecule has 0 saturated heterocycles. The molecule has 0 bridgehead atoms. The Morgan fingerprint density at radius 1 is 1.13 bits per heavy atom. The molecule has 1 aliphatic carbocycles. The zero-order valence-electron chi connectivity index (χ0n) is 16.9. The number of halogens is 2. The number of nitrogens with zero attached hydrogens (tertiary/aromatic N) is 1. The van der Waals surface area contributed by atoms with Gasteiger partial charge in [0.2, 0.25) is 11.8 Å². The molecule has 0 aliphatic heterocycles. The Bertz CT molecular complexity index is 867. The number of methoxy groups -OCH3 is 1. The van der Waals surface area contributed by atoms with Crippen molar-refractivity contribution in [3.63, 3.8) is 0 Å². The lowest BCUT2D eigenvalue weighted by Crippen LogP contribution is -2.47. The van der Waals surface area contributed by atoms with Crippen LogP contribution in [0.3, 0.4) is 0 Å². The van der Waals surface area contributed by atoms with Gasteiger partial charge in [-0.05, 0) is 48.7 Å². The number of ether oxygens (including phenoxy) is 1. The minimum Gasteiger partial charge on any atom is -0.497 e. The molecule has 3 rings (SSSR count). The van der Waals surface area contributed by atoms with Gasteiger partial charge in [0.1, 0.15) is 17.7 Å². The van der Waals surface area contributed by atoms with Gasteiger partial charge in [0.05, 0.1) is 7.11 Å². The summed E-state index contributed by atoms with van der Waals surface area (Å²) < 4.78 is 5.24. The zero-order chi connectivity index (χ0) is 21.5. The van der Waals surface area contributed by atoms with E-state index in [0.29, 0.717) is 22.0 Å². The number of rotatable bonds is 7. The van der Waals surface area contributed by atoms with Crippen LogP contribution in [0.15, 0.2) is 48.5 Å². The molecule has 7 heteroatoms. The number of benzene rings is 2. The van der Waals surface area contributed by atoms with Crippen molar-refractivity contribution in [2.75, 3.05) is 17.9 Å². The molecule has 0 radical (unpaired) electrons. The van der Waals surface area contributed by atoms with Crippen molar-refractivity contribution in [1.29, 1.82) is 0 Å². The van der Waals surface area contributed by atoms with Crippen LogP contribution < -0.4 is 15.0 Å². The quantitative estimate of drug-likeness (QED) is 0.598. The highest BCUT2D eigenvalue weighted by Crippen LogP contribution is 2.31. The summed E-state index contributed by atoms with van der Waals surface area (Å²) in [7, 11) is 1.58. The SMILES string of the molecule is COc1ccc([C@@H](C(=O)NC2CCCCC2)N(C(=O)CCl)c2cccc(Cl)c2)cc1. The van der Waals surface area contributed by atoms with Crippen molar-refractivity contribution in [2.45, 2.75) is 44.2 Å². The lowest BCUT2D eigenvalue weighted by Gasteiger charge is -2.33. The van der Waals surface area contributed by atoms with Crippen LogP contribution in [0, 0.1) is 0 Å². The van der Waals surface area contributed by atoms with Crippen molar-refractivity contribution >= 4 is 40.7 Å². The number of carbonyl (C=O) groups is 2. The Labute approximate surface area is 187 Å². The standard InChI is InChI=1S/C23H26Cl2N2O3/c1-30-20-12-10-16(11-13-20)22(23(29)26-18-7-3-2-4-8-18)27(21(28)15-24)19-9-5-6-17(25)14-19/h5-6,9-14,18,22H,2-4,7-8,15H2,1H3,(H,26,29)/t22-/m0/s1. The van der Waals surface area contributed by atoms with E-state index in [1.54, 1.807) is 55.6 Å². The normalized spacial score (nSPS) is 15.3. The summed E-state index contributed by atoms with van der Waals surface area (Å²) in [5.74, 6) is -0.192.